The maximum Gasteiger partial charge on any atom is 0.325 e. The Hall–Kier alpha value is -2.89. The molecule has 1 N–H and O–H groups in total. The van der Waals surface area contributed by atoms with E-state index in [1.807, 2.05) is 26.0 Å². The third kappa shape index (κ3) is 3.68. The molecule has 1 spiro atoms. The molecule has 31 heavy (non-hydrogen) atoms. The lowest BCUT2D eigenvalue weighted by Crippen LogP contribution is -2.46. The van der Waals surface area contributed by atoms with Gasteiger partial charge < -0.3 is 9.88 Å². The van der Waals surface area contributed by atoms with Gasteiger partial charge in [0, 0.05) is 22.6 Å². The van der Waals surface area contributed by atoms with Crippen LogP contribution in [0.2, 0.25) is 0 Å². The average Bonchev–Trinajstić information content (AvgIpc) is 3.01. The van der Waals surface area contributed by atoms with E-state index in [1.54, 1.807) is 0 Å². The Morgan fingerprint density at radius 3 is 2.29 bits per heavy atom. The molecule has 2 heterocycles. The minimum Gasteiger partial charge on any atom is -0.323 e. The van der Waals surface area contributed by atoms with E-state index in [0.29, 0.717) is 18.4 Å². The van der Waals surface area contributed by atoms with Gasteiger partial charge >= 0.3 is 6.03 Å². The van der Waals surface area contributed by atoms with Gasteiger partial charge in [-0.25, -0.2) is 4.79 Å². The van der Waals surface area contributed by atoms with Crippen molar-refractivity contribution in [3.8, 4) is 5.69 Å². The minimum absolute atomic E-state index is 0.211. The first-order valence-electron chi connectivity index (χ1n) is 11.2. The summed E-state index contributed by atoms with van der Waals surface area (Å²) in [6, 6.07) is 7.64. The van der Waals surface area contributed by atoms with Crippen molar-refractivity contribution in [2.75, 3.05) is 6.54 Å². The predicted molar refractivity (Wildman–Crippen MR) is 120 cm³/mol. The molecule has 164 valence electrons. The molecule has 0 radical (unpaired) electrons. The zero-order valence-corrected chi connectivity index (χ0v) is 18.9. The van der Waals surface area contributed by atoms with Crippen LogP contribution in [0.1, 0.15) is 71.4 Å². The molecule has 1 saturated heterocycles. The number of Topliss-reactive ketones (excluding diaryl/α,β-unsaturated/α-hetero) is 1. The number of rotatable bonds is 4. The van der Waals surface area contributed by atoms with Crippen molar-refractivity contribution in [1.82, 2.24) is 14.8 Å². The largest absolute Gasteiger partial charge is 0.325 e. The highest BCUT2D eigenvalue weighted by Gasteiger charge is 2.51. The van der Waals surface area contributed by atoms with Crippen LogP contribution in [0.15, 0.2) is 24.3 Å². The normalized spacial score (nSPS) is 18.4. The summed E-state index contributed by atoms with van der Waals surface area (Å²) in [5.74, 6) is -0.451. The summed E-state index contributed by atoms with van der Waals surface area (Å²) >= 11 is 0. The average molecular weight is 422 g/mol. The van der Waals surface area contributed by atoms with Gasteiger partial charge in [-0.1, -0.05) is 31.7 Å². The highest BCUT2D eigenvalue weighted by Crippen LogP contribution is 2.33. The van der Waals surface area contributed by atoms with Crippen LogP contribution >= 0.6 is 0 Å². The predicted octanol–water partition coefficient (Wildman–Crippen LogP) is 4.54. The second kappa shape index (κ2) is 7.98. The maximum absolute atomic E-state index is 13.2. The van der Waals surface area contributed by atoms with Crippen LogP contribution in [0.25, 0.3) is 5.69 Å². The SMILES string of the molecule is Cc1ccc(-n2c(C)cc(C(=O)CN3C(=O)NC4(CCCCCC4)C3=O)c2C)cc1C. The standard InChI is InChI=1S/C25H31N3O3/c1-16-9-10-20(13-17(16)2)28-18(3)14-21(19(28)4)22(29)15-27-23(30)25(26-24(27)31)11-7-5-6-8-12-25/h9-10,13-14H,5-8,11-12,15H2,1-4H3,(H,26,31). The van der Waals surface area contributed by atoms with Crippen LogP contribution in [0.3, 0.4) is 0 Å². The number of aryl methyl sites for hydroxylation is 3. The molecule has 1 aliphatic carbocycles. The number of benzene rings is 1. The topological polar surface area (TPSA) is 71.4 Å². The molecule has 1 aromatic carbocycles. The molecular weight excluding hydrogens is 390 g/mol. The number of imide groups is 1. The molecule has 0 unspecified atom stereocenters. The van der Waals surface area contributed by atoms with E-state index in [9.17, 15) is 14.4 Å². The van der Waals surface area contributed by atoms with Crippen LogP contribution in [0.5, 0.6) is 0 Å². The first-order chi connectivity index (χ1) is 14.7. The molecular formula is C25H31N3O3. The third-order valence-corrected chi connectivity index (χ3v) is 6.98. The summed E-state index contributed by atoms with van der Waals surface area (Å²) < 4.78 is 2.05. The third-order valence-electron chi connectivity index (χ3n) is 6.98. The van der Waals surface area contributed by atoms with Crippen LogP contribution in [-0.4, -0.2) is 39.3 Å². The Balaban J connectivity index is 1.59. The minimum atomic E-state index is -0.815. The van der Waals surface area contributed by atoms with E-state index in [-0.39, 0.29) is 18.2 Å². The summed E-state index contributed by atoms with van der Waals surface area (Å²) in [6.07, 6.45) is 5.31. The summed E-state index contributed by atoms with van der Waals surface area (Å²) in [5.41, 5.74) is 4.91. The number of urea groups is 1. The number of amides is 3. The zero-order valence-electron chi connectivity index (χ0n) is 18.9. The fourth-order valence-corrected chi connectivity index (χ4v) is 5.03. The zero-order chi connectivity index (χ0) is 22.3. The van der Waals surface area contributed by atoms with Gasteiger partial charge in [-0.05, 0) is 69.9 Å². The lowest BCUT2D eigenvalue weighted by atomic mass is 9.90. The van der Waals surface area contributed by atoms with Crippen LogP contribution < -0.4 is 5.32 Å². The molecule has 1 saturated carbocycles. The Labute approximate surface area is 183 Å². The Morgan fingerprint density at radius 1 is 0.968 bits per heavy atom. The molecule has 1 aromatic heterocycles. The van der Waals surface area contributed by atoms with E-state index < -0.39 is 11.6 Å². The number of nitrogens with zero attached hydrogens (tertiary/aromatic N) is 2. The molecule has 2 fully saturated rings. The monoisotopic (exact) mass is 421 g/mol. The van der Waals surface area contributed by atoms with E-state index in [2.05, 4.69) is 35.9 Å². The van der Waals surface area contributed by atoms with Gasteiger partial charge in [0.2, 0.25) is 0 Å². The van der Waals surface area contributed by atoms with Crippen molar-refractivity contribution in [3.05, 3.63) is 52.3 Å². The van der Waals surface area contributed by atoms with Gasteiger partial charge in [-0.15, -0.1) is 0 Å². The molecule has 2 aliphatic rings. The molecule has 6 nitrogen and oxygen atoms in total. The van der Waals surface area contributed by atoms with Crippen molar-refractivity contribution >= 4 is 17.7 Å². The fourth-order valence-electron chi connectivity index (χ4n) is 5.03. The number of carbonyl (C=O) groups excluding carboxylic acids is 3. The van der Waals surface area contributed by atoms with Crippen molar-refractivity contribution in [2.45, 2.75) is 71.8 Å². The smallest absolute Gasteiger partial charge is 0.323 e. The quantitative estimate of drug-likeness (QED) is 0.582. The van der Waals surface area contributed by atoms with Gasteiger partial charge in [0.15, 0.2) is 5.78 Å². The van der Waals surface area contributed by atoms with Crippen LogP contribution in [0.4, 0.5) is 4.79 Å². The molecule has 3 amide bonds. The number of hydrogen-bond donors (Lipinski definition) is 1. The van der Waals surface area contributed by atoms with Gasteiger partial charge in [-0.3, -0.25) is 14.5 Å². The van der Waals surface area contributed by atoms with Crippen molar-refractivity contribution in [3.63, 3.8) is 0 Å². The number of hydrogen-bond acceptors (Lipinski definition) is 3. The molecule has 4 rings (SSSR count). The maximum atomic E-state index is 13.2. The Bertz CT molecular complexity index is 1060. The summed E-state index contributed by atoms with van der Waals surface area (Å²) in [5, 5.41) is 2.91. The van der Waals surface area contributed by atoms with Crippen LogP contribution in [-0.2, 0) is 4.79 Å². The van der Waals surface area contributed by atoms with Crippen molar-refractivity contribution < 1.29 is 14.4 Å². The Morgan fingerprint density at radius 2 is 1.65 bits per heavy atom. The summed E-state index contributed by atoms with van der Waals surface area (Å²) in [6.45, 7) is 7.80. The molecule has 1 aliphatic heterocycles. The highest BCUT2D eigenvalue weighted by atomic mass is 16.2. The van der Waals surface area contributed by atoms with Crippen LogP contribution in [0, 0.1) is 27.7 Å². The fraction of sp³-hybridized carbons (Fsp3) is 0.480. The molecule has 0 bridgehead atoms. The summed E-state index contributed by atoms with van der Waals surface area (Å²) in [4.78, 5) is 40.1. The van der Waals surface area contributed by atoms with Crippen molar-refractivity contribution in [1.29, 1.82) is 0 Å². The molecule has 6 heteroatoms. The second-order valence-electron chi connectivity index (χ2n) is 9.13. The lowest BCUT2D eigenvalue weighted by molar-refractivity contribution is -0.131. The summed E-state index contributed by atoms with van der Waals surface area (Å²) in [7, 11) is 0. The van der Waals surface area contributed by atoms with E-state index in [4.69, 9.17) is 0 Å². The van der Waals surface area contributed by atoms with Gasteiger partial charge in [0.05, 0.1) is 6.54 Å². The number of nitrogens with one attached hydrogen (secondary N) is 1. The van der Waals surface area contributed by atoms with E-state index in [1.165, 1.54) is 11.1 Å². The highest BCUT2D eigenvalue weighted by molar-refractivity contribution is 6.11. The molecule has 0 atom stereocenters. The number of ketones is 1. The Kier molecular flexibility index (Phi) is 5.50. The first kappa shape index (κ1) is 21.3. The van der Waals surface area contributed by atoms with Gasteiger partial charge in [0.1, 0.15) is 5.54 Å². The van der Waals surface area contributed by atoms with Gasteiger partial charge in [0.25, 0.3) is 5.91 Å². The first-order valence-corrected chi connectivity index (χ1v) is 11.2. The number of carbonyl (C=O) groups is 3. The van der Waals surface area contributed by atoms with E-state index in [0.717, 1.165) is 47.7 Å². The van der Waals surface area contributed by atoms with Crippen molar-refractivity contribution in [2.24, 2.45) is 0 Å². The second-order valence-corrected chi connectivity index (χ2v) is 9.13. The molecule has 2 aromatic rings. The number of aromatic nitrogens is 1. The lowest BCUT2D eigenvalue weighted by Gasteiger charge is -2.24. The van der Waals surface area contributed by atoms with E-state index >= 15 is 0 Å². The van der Waals surface area contributed by atoms with Gasteiger partial charge in [-0.2, -0.15) is 0 Å².